The highest BCUT2D eigenvalue weighted by Crippen LogP contribution is 2.31. The fraction of sp³-hybridized carbons (Fsp3) is 0.900. The Balaban J connectivity index is 2.34. The largest absolute Gasteiger partial charge is 0.481 e. The molecule has 1 aliphatic carbocycles. The molecule has 0 aromatic rings. The minimum absolute atomic E-state index is 0.111. The molecule has 3 heteroatoms. The molecule has 0 aromatic carbocycles. The number of hydrogen-bond acceptors (Lipinski definition) is 2. The van der Waals surface area contributed by atoms with E-state index >= 15 is 0 Å². The highest BCUT2D eigenvalue weighted by atomic mass is 16.5. The number of rotatable bonds is 3. The third kappa shape index (κ3) is 2.69. The van der Waals surface area contributed by atoms with Crippen molar-refractivity contribution in [2.24, 2.45) is 11.8 Å². The van der Waals surface area contributed by atoms with Crippen molar-refractivity contribution in [1.82, 2.24) is 0 Å². The van der Waals surface area contributed by atoms with Crippen LogP contribution in [0, 0.1) is 11.8 Å². The standard InChI is InChI=1S/C10H18O3/c1-7(13-2)8-3-5-9(6-4-8)10(11)12/h7-9H,3-6H2,1-2H3,(H,11,12). The zero-order valence-electron chi connectivity index (χ0n) is 8.32. The van der Waals surface area contributed by atoms with Gasteiger partial charge in [-0.2, -0.15) is 0 Å². The summed E-state index contributed by atoms with van der Waals surface area (Å²) in [5, 5.41) is 8.79. The molecule has 0 amide bonds. The second kappa shape index (κ2) is 4.61. The molecule has 3 nitrogen and oxygen atoms in total. The fourth-order valence-electron chi connectivity index (χ4n) is 2.03. The van der Waals surface area contributed by atoms with Crippen LogP contribution in [0.15, 0.2) is 0 Å². The average Bonchev–Trinajstić information content (AvgIpc) is 2.17. The first kappa shape index (κ1) is 10.5. The summed E-state index contributed by atoms with van der Waals surface area (Å²) in [6.07, 6.45) is 3.88. The van der Waals surface area contributed by atoms with Crippen LogP contribution in [0.2, 0.25) is 0 Å². The normalized spacial score (nSPS) is 31.2. The van der Waals surface area contributed by atoms with Crippen LogP contribution in [0.25, 0.3) is 0 Å². The molecule has 13 heavy (non-hydrogen) atoms. The number of methoxy groups -OCH3 is 1. The topological polar surface area (TPSA) is 46.5 Å². The van der Waals surface area contributed by atoms with Crippen LogP contribution in [-0.4, -0.2) is 24.3 Å². The number of hydrogen-bond donors (Lipinski definition) is 1. The molecule has 0 aliphatic heterocycles. The molecule has 1 N–H and O–H groups in total. The molecule has 1 atom stereocenters. The van der Waals surface area contributed by atoms with Crippen molar-refractivity contribution in [2.45, 2.75) is 38.7 Å². The van der Waals surface area contributed by atoms with Gasteiger partial charge in [-0.3, -0.25) is 4.79 Å². The molecule has 1 unspecified atom stereocenters. The average molecular weight is 186 g/mol. The Labute approximate surface area is 79.1 Å². The van der Waals surface area contributed by atoms with Gasteiger partial charge in [0.2, 0.25) is 0 Å². The maximum absolute atomic E-state index is 10.7. The minimum atomic E-state index is -0.636. The van der Waals surface area contributed by atoms with E-state index in [4.69, 9.17) is 9.84 Å². The number of ether oxygens (including phenoxy) is 1. The molecule has 1 rings (SSSR count). The predicted molar refractivity (Wildman–Crippen MR) is 49.6 cm³/mol. The lowest BCUT2D eigenvalue weighted by Gasteiger charge is -2.29. The van der Waals surface area contributed by atoms with Crippen molar-refractivity contribution in [3.63, 3.8) is 0 Å². The second-order valence-corrected chi connectivity index (χ2v) is 3.89. The predicted octanol–water partition coefficient (Wildman–Crippen LogP) is 1.91. The molecule has 0 radical (unpaired) electrons. The first-order chi connectivity index (χ1) is 6.15. The summed E-state index contributed by atoms with van der Waals surface area (Å²) in [6.45, 7) is 2.06. The van der Waals surface area contributed by atoms with Gasteiger partial charge in [0.25, 0.3) is 0 Å². The fourth-order valence-corrected chi connectivity index (χ4v) is 2.03. The van der Waals surface area contributed by atoms with E-state index in [9.17, 15) is 4.79 Å². The monoisotopic (exact) mass is 186 g/mol. The van der Waals surface area contributed by atoms with Crippen molar-refractivity contribution in [3.8, 4) is 0 Å². The maximum atomic E-state index is 10.7. The molecule has 1 aliphatic rings. The lowest BCUT2D eigenvalue weighted by Crippen LogP contribution is -2.27. The Morgan fingerprint density at radius 1 is 1.38 bits per heavy atom. The van der Waals surface area contributed by atoms with Gasteiger partial charge >= 0.3 is 5.97 Å². The van der Waals surface area contributed by atoms with Crippen molar-refractivity contribution in [3.05, 3.63) is 0 Å². The summed E-state index contributed by atoms with van der Waals surface area (Å²) >= 11 is 0. The van der Waals surface area contributed by atoms with Gasteiger partial charge in [-0.1, -0.05) is 0 Å². The third-order valence-electron chi connectivity index (χ3n) is 3.16. The van der Waals surface area contributed by atoms with Crippen LogP contribution in [0.3, 0.4) is 0 Å². The summed E-state index contributed by atoms with van der Waals surface area (Å²) in [7, 11) is 1.72. The van der Waals surface area contributed by atoms with Crippen LogP contribution in [-0.2, 0) is 9.53 Å². The van der Waals surface area contributed by atoms with Crippen LogP contribution in [0.1, 0.15) is 32.6 Å². The highest BCUT2D eigenvalue weighted by Gasteiger charge is 2.28. The zero-order chi connectivity index (χ0) is 9.84. The van der Waals surface area contributed by atoms with E-state index in [2.05, 4.69) is 6.92 Å². The molecule has 1 saturated carbocycles. The molecule has 76 valence electrons. The first-order valence-electron chi connectivity index (χ1n) is 4.90. The summed E-state index contributed by atoms with van der Waals surface area (Å²) in [6, 6.07) is 0. The second-order valence-electron chi connectivity index (χ2n) is 3.89. The van der Waals surface area contributed by atoms with Gasteiger partial charge in [0, 0.05) is 7.11 Å². The third-order valence-corrected chi connectivity index (χ3v) is 3.16. The Morgan fingerprint density at radius 3 is 2.31 bits per heavy atom. The SMILES string of the molecule is COC(C)C1CCC(C(=O)O)CC1. The number of carboxylic acids is 1. The van der Waals surface area contributed by atoms with Crippen molar-refractivity contribution >= 4 is 5.97 Å². The summed E-state index contributed by atoms with van der Waals surface area (Å²) < 4.78 is 5.24. The maximum Gasteiger partial charge on any atom is 0.306 e. The molecule has 0 heterocycles. The number of carbonyl (C=O) groups is 1. The van der Waals surface area contributed by atoms with E-state index in [1.54, 1.807) is 7.11 Å². The van der Waals surface area contributed by atoms with E-state index < -0.39 is 5.97 Å². The van der Waals surface area contributed by atoms with Gasteiger partial charge in [-0.25, -0.2) is 0 Å². The van der Waals surface area contributed by atoms with E-state index in [1.807, 2.05) is 0 Å². The van der Waals surface area contributed by atoms with E-state index in [1.165, 1.54) is 0 Å². The number of aliphatic carboxylic acids is 1. The Morgan fingerprint density at radius 2 is 1.92 bits per heavy atom. The summed E-state index contributed by atoms with van der Waals surface area (Å²) in [5.41, 5.74) is 0. The van der Waals surface area contributed by atoms with Gasteiger partial charge in [0.1, 0.15) is 0 Å². The van der Waals surface area contributed by atoms with Crippen LogP contribution < -0.4 is 0 Å². The van der Waals surface area contributed by atoms with Crippen LogP contribution in [0.4, 0.5) is 0 Å². The van der Waals surface area contributed by atoms with Crippen molar-refractivity contribution < 1.29 is 14.6 Å². The van der Waals surface area contributed by atoms with Crippen LogP contribution >= 0.6 is 0 Å². The highest BCUT2D eigenvalue weighted by molar-refractivity contribution is 5.69. The van der Waals surface area contributed by atoms with E-state index in [-0.39, 0.29) is 12.0 Å². The lowest BCUT2D eigenvalue weighted by atomic mass is 9.80. The van der Waals surface area contributed by atoms with Gasteiger partial charge in [0.15, 0.2) is 0 Å². The van der Waals surface area contributed by atoms with Gasteiger partial charge in [0.05, 0.1) is 12.0 Å². The van der Waals surface area contributed by atoms with Gasteiger partial charge < -0.3 is 9.84 Å². The Hall–Kier alpha value is -0.570. The zero-order valence-corrected chi connectivity index (χ0v) is 8.32. The van der Waals surface area contributed by atoms with Crippen LogP contribution in [0.5, 0.6) is 0 Å². The summed E-state index contributed by atoms with van der Waals surface area (Å²) in [4.78, 5) is 10.7. The molecule has 0 saturated heterocycles. The molecule has 0 aromatic heterocycles. The van der Waals surface area contributed by atoms with E-state index in [0.29, 0.717) is 5.92 Å². The molecule has 0 spiro atoms. The number of carboxylic acid groups (broad SMARTS) is 1. The first-order valence-corrected chi connectivity index (χ1v) is 4.90. The van der Waals surface area contributed by atoms with Crippen molar-refractivity contribution in [1.29, 1.82) is 0 Å². The minimum Gasteiger partial charge on any atom is -0.481 e. The molecular weight excluding hydrogens is 168 g/mol. The molecular formula is C10H18O3. The molecule has 0 bridgehead atoms. The molecule has 1 fully saturated rings. The quantitative estimate of drug-likeness (QED) is 0.732. The Bertz CT molecular complexity index is 171. The van der Waals surface area contributed by atoms with Gasteiger partial charge in [-0.05, 0) is 38.5 Å². The lowest BCUT2D eigenvalue weighted by molar-refractivity contribution is -0.143. The van der Waals surface area contributed by atoms with Crippen molar-refractivity contribution in [2.75, 3.05) is 7.11 Å². The van der Waals surface area contributed by atoms with E-state index in [0.717, 1.165) is 25.7 Å². The van der Waals surface area contributed by atoms with Gasteiger partial charge in [-0.15, -0.1) is 0 Å². The summed E-state index contributed by atoms with van der Waals surface area (Å²) in [5.74, 6) is -0.190. The Kier molecular flexibility index (Phi) is 3.72. The smallest absolute Gasteiger partial charge is 0.306 e.